The number of hydrogen-bond donors (Lipinski definition) is 2. The largest absolute Gasteiger partial charge is 0.484 e. The minimum absolute atomic E-state index is 0.154. The lowest BCUT2D eigenvalue weighted by Gasteiger charge is -2.33. The highest BCUT2D eigenvalue weighted by atomic mass is 16.5. The lowest BCUT2D eigenvalue weighted by molar-refractivity contribution is 0.171. The maximum Gasteiger partial charge on any atom is 0.320 e. The number of rotatable bonds is 9. The fraction of sp³-hybridized carbons (Fsp3) is 0.486. The van der Waals surface area contributed by atoms with E-state index in [2.05, 4.69) is 75.6 Å². The summed E-state index contributed by atoms with van der Waals surface area (Å²) in [4.78, 5) is 18.1. The number of likely N-dealkylation sites (N-methyl/N-ethyl adjacent to an activating group) is 1. The summed E-state index contributed by atoms with van der Waals surface area (Å²) in [7, 11) is 4.08. The number of carbonyl (C=O) groups is 1. The molecule has 1 unspecified atom stereocenters. The molecule has 1 saturated heterocycles. The van der Waals surface area contributed by atoms with E-state index in [1.807, 2.05) is 65.9 Å². The summed E-state index contributed by atoms with van der Waals surface area (Å²) in [5.74, 6) is 2.22. The Bertz CT molecular complexity index is 1950. The third kappa shape index (κ3) is 7.05. The number of benzene rings is 1. The first-order valence-electron chi connectivity index (χ1n) is 17.8. The molecule has 0 spiro atoms. The number of anilines is 2. The highest BCUT2D eigenvalue weighted by molar-refractivity contribution is 5.89. The van der Waals surface area contributed by atoms with Gasteiger partial charge in [0.05, 0.1) is 36.9 Å². The van der Waals surface area contributed by atoms with Crippen LogP contribution in [0.2, 0.25) is 0 Å². The Morgan fingerprint density at radius 3 is 2.62 bits per heavy atom. The van der Waals surface area contributed by atoms with Crippen LogP contribution in [0.25, 0.3) is 11.3 Å². The van der Waals surface area contributed by atoms with E-state index in [1.54, 1.807) is 10.9 Å². The van der Waals surface area contributed by atoms with E-state index in [0.29, 0.717) is 11.9 Å². The Hall–Kier alpha value is -4.91. The van der Waals surface area contributed by atoms with Crippen molar-refractivity contribution in [3.8, 4) is 11.4 Å². The summed E-state index contributed by atoms with van der Waals surface area (Å²) >= 11 is 0. The number of nitrogens with zero attached hydrogens (tertiary/aromatic N) is 9. The normalized spacial score (nSPS) is 19.5. The van der Waals surface area contributed by atoms with Gasteiger partial charge in [-0.3, -0.25) is 14.4 Å². The first-order chi connectivity index (χ1) is 24.0. The Balaban J connectivity index is 1.07. The average Bonchev–Trinajstić information content (AvgIpc) is 3.84. The number of carbonyl (C=O) groups excluding carboxylic acids is 1. The van der Waals surface area contributed by atoms with Gasteiger partial charge in [0.1, 0.15) is 23.4 Å². The molecule has 50 heavy (non-hydrogen) atoms. The standard InChI is InChI=1S/C37H49N11O2/c1-25-11-9-10-18-46(25)36-42-41-33-17-14-27(24-47(33)36)50-31-16-15-30(28-12-7-8-13-29(28)31)39-35(49)40-34-21-32(37(2,3)4)43-48(34)26-22-38-45(23-26)20-19-44(5)6/h7-8,12-14,17,21-25,30-31H,9-11,15-16,18-20H2,1-6H3,(H2,39,40,49)/t25-,30+,31?/m1/s1. The molecule has 1 aliphatic heterocycles. The van der Waals surface area contributed by atoms with Crippen LogP contribution in [0.3, 0.4) is 0 Å². The number of fused-ring (bicyclic) bond motifs is 2. The summed E-state index contributed by atoms with van der Waals surface area (Å²) in [5, 5.41) is 24.7. The fourth-order valence-electron chi connectivity index (χ4n) is 6.94. The van der Waals surface area contributed by atoms with Crippen molar-refractivity contribution < 1.29 is 9.53 Å². The molecule has 4 aromatic heterocycles. The molecule has 2 aliphatic rings. The molecule has 13 heteroatoms. The van der Waals surface area contributed by atoms with Crippen molar-refractivity contribution in [1.82, 2.24) is 44.4 Å². The highest BCUT2D eigenvalue weighted by Gasteiger charge is 2.31. The first kappa shape index (κ1) is 33.6. The summed E-state index contributed by atoms with van der Waals surface area (Å²) in [5.41, 5.74) is 4.39. The van der Waals surface area contributed by atoms with Gasteiger partial charge in [0.25, 0.3) is 0 Å². The minimum atomic E-state index is -0.289. The minimum Gasteiger partial charge on any atom is -0.484 e. The number of hydrogen-bond acceptors (Lipinski definition) is 8. The lowest BCUT2D eigenvalue weighted by atomic mass is 9.85. The fourth-order valence-corrected chi connectivity index (χ4v) is 6.94. The molecular weight excluding hydrogens is 630 g/mol. The third-order valence-electron chi connectivity index (χ3n) is 9.80. The Morgan fingerprint density at radius 1 is 1.02 bits per heavy atom. The van der Waals surface area contributed by atoms with E-state index < -0.39 is 0 Å². The molecule has 2 amide bonds. The van der Waals surface area contributed by atoms with Gasteiger partial charge in [0.2, 0.25) is 5.95 Å². The van der Waals surface area contributed by atoms with Crippen molar-refractivity contribution in [2.75, 3.05) is 37.4 Å². The van der Waals surface area contributed by atoms with Gasteiger partial charge in [-0.25, -0.2) is 9.48 Å². The molecule has 5 aromatic rings. The third-order valence-corrected chi connectivity index (χ3v) is 9.80. The van der Waals surface area contributed by atoms with E-state index in [4.69, 9.17) is 9.84 Å². The number of urea groups is 1. The molecule has 0 bridgehead atoms. The Labute approximate surface area is 293 Å². The molecule has 7 rings (SSSR count). The van der Waals surface area contributed by atoms with E-state index in [0.717, 1.165) is 85.2 Å². The number of nitrogens with one attached hydrogen (secondary N) is 2. The summed E-state index contributed by atoms with van der Waals surface area (Å²) in [6.07, 6.45) is 10.6. The van der Waals surface area contributed by atoms with Crippen LogP contribution >= 0.6 is 0 Å². The number of amides is 2. The Kier molecular flexibility index (Phi) is 9.25. The summed E-state index contributed by atoms with van der Waals surface area (Å²) in [6, 6.07) is 14.1. The van der Waals surface area contributed by atoms with Crippen LogP contribution in [0, 0.1) is 0 Å². The second-order valence-electron chi connectivity index (χ2n) is 14.9. The van der Waals surface area contributed by atoms with Gasteiger partial charge < -0.3 is 19.9 Å². The zero-order valence-electron chi connectivity index (χ0n) is 30.0. The molecule has 264 valence electrons. The predicted molar refractivity (Wildman–Crippen MR) is 194 cm³/mol. The number of aromatic nitrogens is 7. The zero-order valence-corrected chi connectivity index (χ0v) is 30.0. The van der Waals surface area contributed by atoms with Crippen LogP contribution in [0.4, 0.5) is 16.6 Å². The van der Waals surface area contributed by atoms with Gasteiger partial charge in [-0.15, -0.1) is 10.2 Å². The highest BCUT2D eigenvalue weighted by Crippen LogP contribution is 2.39. The van der Waals surface area contributed by atoms with Crippen LogP contribution in [0.15, 0.2) is 61.1 Å². The van der Waals surface area contributed by atoms with Gasteiger partial charge in [-0.2, -0.15) is 10.2 Å². The number of ether oxygens (including phenoxy) is 1. The second kappa shape index (κ2) is 13.8. The van der Waals surface area contributed by atoms with Crippen molar-refractivity contribution >= 4 is 23.4 Å². The van der Waals surface area contributed by atoms with E-state index >= 15 is 0 Å². The van der Waals surface area contributed by atoms with Crippen molar-refractivity contribution in [3.63, 3.8) is 0 Å². The van der Waals surface area contributed by atoms with E-state index in [-0.39, 0.29) is 23.6 Å². The van der Waals surface area contributed by atoms with E-state index in [9.17, 15) is 4.79 Å². The average molecular weight is 680 g/mol. The maximum atomic E-state index is 13.6. The van der Waals surface area contributed by atoms with Gasteiger partial charge in [-0.05, 0) is 76.4 Å². The molecule has 3 atom stereocenters. The molecule has 13 nitrogen and oxygen atoms in total. The summed E-state index contributed by atoms with van der Waals surface area (Å²) < 4.78 is 12.4. The second-order valence-corrected chi connectivity index (χ2v) is 14.9. The van der Waals surface area contributed by atoms with Crippen LogP contribution in [0.5, 0.6) is 5.75 Å². The molecule has 5 heterocycles. The van der Waals surface area contributed by atoms with Crippen LogP contribution < -0.4 is 20.3 Å². The molecule has 1 aromatic carbocycles. The lowest BCUT2D eigenvalue weighted by Crippen LogP contribution is -2.38. The zero-order chi connectivity index (χ0) is 35.0. The van der Waals surface area contributed by atoms with Crippen molar-refractivity contribution in [2.45, 2.75) is 89.9 Å². The topological polar surface area (TPSA) is 123 Å². The van der Waals surface area contributed by atoms with E-state index in [1.165, 1.54) is 6.42 Å². The summed E-state index contributed by atoms with van der Waals surface area (Å²) in [6.45, 7) is 11.2. The molecule has 1 aliphatic carbocycles. The van der Waals surface area contributed by atoms with Gasteiger partial charge in [0.15, 0.2) is 5.65 Å². The van der Waals surface area contributed by atoms with Crippen molar-refractivity contribution in [1.29, 1.82) is 0 Å². The van der Waals surface area contributed by atoms with Crippen LogP contribution in [0.1, 0.15) is 88.8 Å². The van der Waals surface area contributed by atoms with Gasteiger partial charge >= 0.3 is 6.03 Å². The molecular formula is C37H49N11O2. The molecule has 0 saturated carbocycles. The predicted octanol–water partition coefficient (Wildman–Crippen LogP) is 6.13. The van der Waals surface area contributed by atoms with Gasteiger partial charge in [-0.1, -0.05) is 45.0 Å². The van der Waals surface area contributed by atoms with Crippen molar-refractivity contribution in [3.05, 3.63) is 77.9 Å². The number of piperidine rings is 1. The quantitative estimate of drug-likeness (QED) is 0.191. The van der Waals surface area contributed by atoms with Crippen molar-refractivity contribution in [2.24, 2.45) is 0 Å². The number of pyridine rings is 1. The smallest absolute Gasteiger partial charge is 0.320 e. The Morgan fingerprint density at radius 2 is 1.84 bits per heavy atom. The molecule has 1 fully saturated rings. The molecule has 0 radical (unpaired) electrons. The van der Waals surface area contributed by atoms with Gasteiger partial charge in [0, 0.05) is 30.6 Å². The molecule has 2 N–H and O–H groups in total. The maximum absolute atomic E-state index is 13.6. The first-order valence-corrected chi connectivity index (χ1v) is 17.8. The van der Waals surface area contributed by atoms with Crippen LogP contribution in [-0.4, -0.2) is 78.3 Å². The SMILES string of the molecule is C[C@@H]1CCCCN1c1nnc2ccc(OC3CC[C@H](NC(=O)Nc4cc(C(C)(C)C)nn4-c4cnn(CCN(C)C)c4)c4ccccc43)cn12. The monoisotopic (exact) mass is 679 g/mol. The van der Waals surface area contributed by atoms with Crippen LogP contribution in [-0.2, 0) is 12.0 Å².